The van der Waals surface area contributed by atoms with E-state index in [4.69, 9.17) is 5.73 Å². The van der Waals surface area contributed by atoms with E-state index in [1.165, 1.54) is 12.8 Å². The molecule has 3 rings (SSSR count). The lowest BCUT2D eigenvalue weighted by Crippen LogP contribution is -2.36. The van der Waals surface area contributed by atoms with Gasteiger partial charge in [0.25, 0.3) is 0 Å². The summed E-state index contributed by atoms with van der Waals surface area (Å²) in [6, 6.07) is 9.98. The van der Waals surface area contributed by atoms with E-state index < -0.39 is 6.10 Å². The highest BCUT2D eigenvalue weighted by Gasteiger charge is 2.38. The summed E-state index contributed by atoms with van der Waals surface area (Å²) >= 11 is 0. The number of benzene rings is 1. The van der Waals surface area contributed by atoms with Gasteiger partial charge < -0.3 is 10.8 Å². The second-order valence-electron chi connectivity index (χ2n) is 6.30. The van der Waals surface area contributed by atoms with E-state index >= 15 is 0 Å². The smallest absolute Gasteiger partial charge is 0.0865 e. The van der Waals surface area contributed by atoms with E-state index in [1.807, 2.05) is 30.3 Å². The summed E-state index contributed by atoms with van der Waals surface area (Å²) < 4.78 is 0. The zero-order chi connectivity index (χ0) is 14.7. The van der Waals surface area contributed by atoms with Gasteiger partial charge in [0.05, 0.1) is 11.6 Å². The Morgan fingerprint density at radius 3 is 2.52 bits per heavy atom. The lowest BCUT2D eigenvalue weighted by Gasteiger charge is -2.37. The third kappa shape index (κ3) is 2.68. The molecular weight excluding hydrogens is 260 g/mol. The minimum Gasteiger partial charge on any atom is -0.388 e. The fourth-order valence-corrected chi connectivity index (χ4v) is 3.71. The Bertz CT molecular complexity index is 598. The highest BCUT2D eigenvalue weighted by Crippen LogP contribution is 2.45. The van der Waals surface area contributed by atoms with Crippen LogP contribution in [0.15, 0.2) is 36.5 Å². The van der Waals surface area contributed by atoms with Crippen LogP contribution in [-0.4, -0.2) is 16.6 Å². The van der Waals surface area contributed by atoms with Crippen LogP contribution >= 0.6 is 0 Å². The third-order valence-corrected chi connectivity index (χ3v) is 5.06. The molecule has 1 heterocycles. The molecule has 0 saturated heterocycles. The van der Waals surface area contributed by atoms with Crippen molar-refractivity contribution in [3.63, 3.8) is 0 Å². The number of nitrogens with two attached hydrogens (primary N) is 1. The van der Waals surface area contributed by atoms with E-state index in [2.05, 4.69) is 4.98 Å². The minimum absolute atomic E-state index is 0.180. The molecule has 112 valence electrons. The number of para-hydroxylation sites is 1. The first-order valence-corrected chi connectivity index (χ1v) is 7.99. The number of aliphatic hydroxyl groups excluding tert-OH is 1. The van der Waals surface area contributed by atoms with Crippen molar-refractivity contribution in [3.8, 4) is 0 Å². The van der Waals surface area contributed by atoms with Gasteiger partial charge in [-0.3, -0.25) is 4.98 Å². The first kappa shape index (κ1) is 14.5. The summed E-state index contributed by atoms with van der Waals surface area (Å²) in [5, 5.41) is 12.2. The average molecular weight is 284 g/mol. The SMILES string of the molecule is NCC1(C(O)c2ccnc3ccccc23)CCCCCC1. The summed E-state index contributed by atoms with van der Waals surface area (Å²) in [5.74, 6) is 0. The van der Waals surface area contributed by atoms with Crippen LogP contribution in [0.4, 0.5) is 0 Å². The van der Waals surface area contributed by atoms with Gasteiger partial charge in [0.1, 0.15) is 0 Å². The maximum atomic E-state index is 11.1. The van der Waals surface area contributed by atoms with Crippen LogP contribution in [-0.2, 0) is 0 Å². The fourth-order valence-electron chi connectivity index (χ4n) is 3.71. The van der Waals surface area contributed by atoms with Crippen LogP contribution in [0.25, 0.3) is 10.9 Å². The summed E-state index contributed by atoms with van der Waals surface area (Å²) in [4.78, 5) is 4.39. The molecule has 2 aromatic rings. The number of aromatic nitrogens is 1. The first-order chi connectivity index (χ1) is 10.3. The molecule has 0 aliphatic heterocycles. The number of hydrogen-bond acceptors (Lipinski definition) is 3. The normalized spacial score (nSPS) is 20.1. The molecule has 1 aromatic heterocycles. The van der Waals surface area contributed by atoms with Crippen molar-refractivity contribution in [2.24, 2.45) is 11.1 Å². The number of pyridine rings is 1. The number of hydrogen-bond donors (Lipinski definition) is 2. The second-order valence-corrected chi connectivity index (χ2v) is 6.30. The molecule has 0 amide bonds. The van der Waals surface area contributed by atoms with Gasteiger partial charge in [0, 0.05) is 23.5 Å². The standard InChI is InChI=1S/C18H24N2O/c19-13-18(10-5-1-2-6-11-18)17(21)15-9-12-20-16-8-4-3-7-14(15)16/h3-4,7-9,12,17,21H,1-2,5-6,10-11,13,19H2. The van der Waals surface area contributed by atoms with Crippen molar-refractivity contribution in [2.45, 2.75) is 44.6 Å². The van der Waals surface area contributed by atoms with Crippen molar-refractivity contribution in [1.29, 1.82) is 0 Å². The summed E-state index contributed by atoms with van der Waals surface area (Å²) in [5.41, 5.74) is 7.85. The van der Waals surface area contributed by atoms with Crippen LogP contribution in [0.3, 0.4) is 0 Å². The molecule has 1 atom stereocenters. The lowest BCUT2D eigenvalue weighted by atomic mass is 9.72. The molecule has 21 heavy (non-hydrogen) atoms. The molecule has 1 fully saturated rings. The molecule has 0 spiro atoms. The van der Waals surface area contributed by atoms with Crippen LogP contribution in [0.5, 0.6) is 0 Å². The van der Waals surface area contributed by atoms with E-state index in [0.717, 1.165) is 42.1 Å². The highest BCUT2D eigenvalue weighted by atomic mass is 16.3. The molecule has 1 saturated carbocycles. The average Bonchev–Trinajstić information content (AvgIpc) is 2.80. The number of aliphatic hydroxyl groups is 1. The molecule has 3 nitrogen and oxygen atoms in total. The fraction of sp³-hybridized carbons (Fsp3) is 0.500. The van der Waals surface area contributed by atoms with Crippen LogP contribution < -0.4 is 5.73 Å². The third-order valence-electron chi connectivity index (χ3n) is 5.06. The Hall–Kier alpha value is -1.45. The molecule has 1 aliphatic carbocycles. The van der Waals surface area contributed by atoms with E-state index in [9.17, 15) is 5.11 Å². The second kappa shape index (κ2) is 6.12. The predicted molar refractivity (Wildman–Crippen MR) is 85.9 cm³/mol. The van der Waals surface area contributed by atoms with Crippen molar-refractivity contribution >= 4 is 10.9 Å². The van der Waals surface area contributed by atoms with Crippen LogP contribution in [0.2, 0.25) is 0 Å². The molecule has 3 heteroatoms. The largest absolute Gasteiger partial charge is 0.388 e. The lowest BCUT2D eigenvalue weighted by molar-refractivity contribution is 0.0177. The van der Waals surface area contributed by atoms with E-state index in [-0.39, 0.29) is 5.41 Å². The Kier molecular flexibility index (Phi) is 4.22. The van der Waals surface area contributed by atoms with Gasteiger partial charge in [0.15, 0.2) is 0 Å². The summed E-state index contributed by atoms with van der Waals surface area (Å²) in [6.45, 7) is 0.546. The van der Waals surface area contributed by atoms with E-state index in [0.29, 0.717) is 6.54 Å². The Morgan fingerprint density at radius 1 is 1.10 bits per heavy atom. The van der Waals surface area contributed by atoms with Gasteiger partial charge in [-0.25, -0.2) is 0 Å². The van der Waals surface area contributed by atoms with Gasteiger partial charge in [0.2, 0.25) is 0 Å². The minimum atomic E-state index is -0.506. The monoisotopic (exact) mass is 284 g/mol. The topological polar surface area (TPSA) is 59.1 Å². The Morgan fingerprint density at radius 2 is 1.81 bits per heavy atom. The molecule has 1 aromatic carbocycles. The van der Waals surface area contributed by atoms with Gasteiger partial charge in [-0.05, 0) is 30.5 Å². The maximum Gasteiger partial charge on any atom is 0.0865 e. The molecule has 0 bridgehead atoms. The van der Waals surface area contributed by atoms with Crippen molar-refractivity contribution in [2.75, 3.05) is 6.54 Å². The Balaban J connectivity index is 2.03. The molecule has 1 aliphatic rings. The highest BCUT2D eigenvalue weighted by molar-refractivity contribution is 5.82. The zero-order valence-electron chi connectivity index (χ0n) is 12.5. The van der Waals surface area contributed by atoms with Gasteiger partial charge in [-0.1, -0.05) is 43.9 Å². The molecular formula is C18H24N2O. The molecule has 0 radical (unpaired) electrons. The predicted octanol–water partition coefficient (Wildman–Crippen LogP) is 3.57. The quantitative estimate of drug-likeness (QED) is 0.847. The summed E-state index contributed by atoms with van der Waals surface area (Å²) in [7, 11) is 0. The zero-order valence-corrected chi connectivity index (χ0v) is 12.5. The summed E-state index contributed by atoms with van der Waals surface area (Å²) in [6.07, 6.45) is 8.16. The molecule has 1 unspecified atom stereocenters. The number of rotatable bonds is 3. The van der Waals surface area contributed by atoms with Crippen molar-refractivity contribution in [1.82, 2.24) is 4.98 Å². The van der Waals surface area contributed by atoms with E-state index in [1.54, 1.807) is 6.20 Å². The first-order valence-electron chi connectivity index (χ1n) is 7.99. The number of fused-ring (bicyclic) bond motifs is 1. The van der Waals surface area contributed by atoms with Crippen molar-refractivity contribution in [3.05, 3.63) is 42.1 Å². The number of nitrogens with zero attached hydrogens (tertiary/aromatic N) is 1. The van der Waals surface area contributed by atoms with Gasteiger partial charge >= 0.3 is 0 Å². The van der Waals surface area contributed by atoms with Crippen LogP contribution in [0.1, 0.15) is 50.2 Å². The maximum absolute atomic E-state index is 11.1. The molecule has 3 N–H and O–H groups in total. The van der Waals surface area contributed by atoms with Crippen LogP contribution in [0, 0.1) is 5.41 Å². The van der Waals surface area contributed by atoms with Crippen molar-refractivity contribution < 1.29 is 5.11 Å². The Labute approximate surface area is 126 Å². The van der Waals surface area contributed by atoms with Gasteiger partial charge in [-0.15, -0.1) is 0 Å². The van der Waals surface area contributed by atoms with Gasteiger partial charge in [-0.2, -0.15) is 0 Å².